The van der Waals surface area contributed by atoms with Gasteiger partial charge in [0.1, 0.15) is 0 Å². The van der Waals surface area contributed by atoms with Gasteiger partial charge in [0.2, 0.25) is 0 Å². The van der Waals surface area contributed by atoms with Crippen LogP contribution in [0.2, 0.25) is 0 Å². The van der Waals surface area contributed by atoms with Crippen LogP contribution >= 0.6 is 0 Å². The van der Waals surface area contributed by atoms with E-state index in [1.807, 2.05) is 6.92 Å². The summed E-state index contributed by atoms with van der Waals surface area (Å²) in [4.78, 5) is 26.9. The van der Waals surface area contributed by atoms with E-state index in [0.29, 0.717) is 5.92 Å². The number of aliphatic carboxylic acids is 1. The Morgan fingerprint density at radius 2 is 1.95 bits per heavy atom. The van der Waals surface area contributed by atoms with E-state index in [-0.39, 0.29) is 16.9 Å². The van der Waals surface area contributed by atoms with Gasteiger partial charge in [-0.15, -0.1) is 0 Å². The van der Waals surface area contributed by atoms with Crippen LogP contribution < -0.4 is 0 Å². The summed E-state index contributed by atoms with van der Waals surface area (Å²) in [6.07, 6.45) is 2.71. The van der Waals surface area contributed by atoms with Crippen molar-refractivity contribution in [2.75, 3.05) is 0 Å². The molecule has 5 heteroatoms. The molecule has 2 bridgehead atoms. The fourth-order valence-electron chi connectivity index (χ4n) is 4.64. The fraction of sp³-hybridized carbons (Fsp3) is 0.733. The maximum Gasteiger partial charge on any atom is 0.369 e. The van der Waals surface area contributed by atoms with Crippen molar-refractivity contribution in [3.05, 3.63) is 12.2 Å². The highest BCUT2D eigenvalue weighted by Gasteiger charge is 2.63. The molecule has 0 aromatic rings. The Hall–Kier alpha value is -1.36. The molecule has 0 amide bonds. The Morgan fingerprint density at radius 3 is 2.35 bits per heavy atom. The van der Waals surface area contributed by atoms with Gasteiger partial charge >= 0.3 is 11.9 Å². The third-order valence-corrected chi connectivity index (χ3v) is 5.90. The van der Waals surface area contributed by atoms with E-state index in [1.165, 1.54) is 0 Å². The lowest BCUT2D eigenvalue weighted by Crippen LogP contribution is -2.60. The lowest BCUT2D eigenvalue weighted by molar-refractivity contribution is -0.232. The molecule has 0 radical (unpaired) electrons. The zero-order valence-electron chi connectivity index (χ0n) is 12.2. The number of fused-ring (bicyclic) bond motifs is 2. The minimum atomic E-state index is -1.08. The molecule has 20 heavy (non-hydrogen) atoms. The number of carboxylic acid groups (broad SMARTS) is 1. The Morgan fingerprint density at radius 1 is 1.35 bits per heavy atom. The van der Waals surface area contributed by atoms with Gasteiger partial charge < -0.3 is 5.11 Å². The second kappa shape index (κ2) is 4.58. The maximum atomic E-state index is 11.7. The van der Waals surface area contributed by atoms with E-state index >= 15 is 0 Å². The molecule has 112 valence electrons. The molecule has 0 spiro atoms. The third kappa shape index (κ3) is 1.87. The smallest absolute Gasteiger partial charge is 0.369 e. The lowest BCUT2D eigenvalue weighted by atomic mass is 9.38. The van der Waals surface area contributed by atoms with Gasteiger partial charge in [0.15, 0.2) is 0 Å². The highest BCUT2D eigenvalue weighted by Crippen LogP contribution is 2.68. The number of rotatable bonds is 4. The van der Waals surface area contributed by atoms with Crippen LogP contribution in [0.25, 0.3) is 0 Å². The van der Waals surface area contributed by atoms with Crippen LogP contribution in [0.1, 0.15) is 40.0 Å². The second-order valence-electron chi connectivity index (χ2n) is 7.03. The number of carbonyl (C=O) groups excluding carboxylic acids is 1. The molecule has 4 atom stereocenters. The standard InChI is InChI=1S/C15H22O5/c1-8(13(18)20-19)11(12(16)17)15(4)6-5-9-7-10(15)14(9,2)3/h9-11,19H,1,5-7H2,2-4H3,(H,16,17). The molecule has 3 fully saturated rings. The van der Waals surface area contributed by atoms with Gasteiger partial charge in [0.25, 0.3) is 0 Å². The van der Waals surface area contributed by atoms with E-state index in [2.05, 4.69) is 25.3 Å². The SMILES string of the molecule is C=C(C(=O)OO)C(C(=O)O)C1(C)CCC2CC1C2(C)C. The van der Waals surface area contributed by atoms with Gasteiger partial charge in [-0.3, -0.25) is 9.68 Å². The van der Waals surface area contributed by atoms with Crippen molar-refractivity contribution < 1.29 is 24.8 Å². The molecule has 0 saturated heterocycles. The highest BCUT2D eigenvalue weighted by molar-refractivity contribution is 5.94. The van der Waals surface area contributed by atoms with Gasteiger partial charge in [-0.25, -0.2) is 4.79 Å². The molecule has 0 heterocycles. The average Bonchev–Trinajstić information content (AvgIpc) is 2.36. The van der Waals surface area contributed by atoms with Gasteiger partial charge in [-0.1, -0.05) is 27.4 Å². The molecule has 3 aliphatic rings. The largest absolute Gasteiger partial charge is 0.481 e. The molecule has 0 aromatic heterocycles. The van der Waals surface area contributed by atoms with E-state index in [9.17, 15) is 14.7 Å². The van der Waals surface area contributed by atoms with E-state index < -0.39 is 23.3 Å². The molecule has 4 unspecified atom stereocenters. The Kier molecular flexibility index (Phi) is 3.45. The van der Waals surface area contributed by atoms with Crippen LogP contribution in [0.5, 0.6) is 0 Å². The normalized spacial score (nSPS) is 35.6. The van der Waals surface area contributed by atoms with Crippen LogP contribution in [0.3, 0.4) is 0 Å². The van der Waals surface area contributed by atoms with Crippen molar-refractivity contribution in [2.45, 2.75) is 40.0 Å². The predicted octanol–water partition coefficient (Wildman–Crippen LogP) is 2.72. The summed E-state index contributed by atoms with van der Waals surface area (Å²) in [5.74, 6) is -2.29. The zero-order valence-corrected chi connectivity index (χ0v) is 12.2. The summed E-state index contributed by atoms with van der Waals surface area (Å²) in [5.41, 5.74) is -0.622. The van der Waals surface area contributed by atoms with Gasteiger partial charge in [0.05, 0.1) is 5.92 Å². The Labute approximate surface area is 118 Å². The van der Waals surface area contributed by atoms with Crippen molar-refractivity contribution in [3.8, 4) is 0 Å². The van der Waals surface area contributed by atoms with Crippen molar-refractivity contribution in [2.24, 2.45) is 28.6 Å². The van der Waals surface area contributed by atoms with E-state index in [1.54, 1.807) is 0 Å². The first kappa shape index (κ1) is 15.0. The Balaban J connectivity index is 2.36. The molecule has 3 aliphatic carbocycles. The predicted molar refractivity (Wildman–Crippen MR) is 71.7 cm³/mol. The van der Waals surface area contributed by atoms with E-state index in [0.717, 1.165) is 19.3 Å². The van der Waals surface area contributed by atoms with Crippen LogP contribution in [-0.4, -0.2) is 22.3 Å². The summed E-state index contributed by atoms with van der Waals surface area (Å²) in [6, 6.07) is 0. The molecular weight excluding hydrogens is 260 g/mol. The first-order valence-corrected chi connectivity index (χ1v) is 6.93. The second-order valence-corrected chi connectivity index (χ2v) is 7.03. The summed E-state index contributed by atoms with van der Waals surface area (Å²) < 4.78 is 0. The molecule has 2 N–H and O–H groups in total. The Bertz CT molecular complexity index is 465. The molecule has 5 nitrogen and oxygen atoms in total. The minimum absolute atomic E-state index is 0.0874. The molecule has 0 aliphatic heterocycles. The third-order valence-electron chi connectivity index (χ3n) is 5.90. The monoisotopic (exact) mass is 282 g/mol. The van der Waals surface area contributed by atoms with Crippen molar-refractivity contribution in [3.63, 3.8) is 0 Å². The van der Waals surface area contributed by atoms with Crippen LogP contribution in [-0.2, 0) is 14.5 Å². The molecule has 3 rings (SSSR count). The topological polar surface area (TPSA) is 83.8 Å². The van der Waals surface area contributed by atoms with Crippen LogP contribution in [0.4, 0.5) is 0 Å². The molecular formula is C15H22O5. The fourth-order valence-corrected chi connectivity index (χ4v) is 4.64. The minimum Gasteiger partial charge on any atom is -0.481 e. The van der Waals surface area contributed by atoms with Crippen molar-refractivity contribution in [1.82, 2.24) is 0 Å². The number of hydrogen-bond donors (Lipinski definition) is 2. The summed E-state index contributed by atoms with van der Waals surface area (Å²) in [7, 11) is 0. The van der Waals surface area contributed by atoms with Crippen molar-refractivity contribution >= 4 is 11.9 Å². The van der Waals surface area contributed by atoms with E-state index in [4.69, 9.17) is 5.26 Å². The zero-order chi connectivity index (χ0) is 15.3. The van der Waals surface area contributed by atoms with Crippen LogP contribution in [0, 0.1) is 28.6 Å². The first-order valence-electron chi connectivity index (χ1n) is 6.93. The molecule has 3 saturated carbocycles. The van der Waals surface area contributed by atoms with Crippen molar-refractivity contribution in [1.29, 1.82) is 0 Å². The number of hydrogen-bond acceptors (Lipinski definition) is 4. The number of carboxylic acids is 1. The summed E-state index contributed by atoms with van der Waals surface area (Å²) in [6.45, 7) is 9.80. The van der Waals surface area contributed by atoms with Gasteiger partial charge in [-0.05, 0) is 41.9 Å². The first-order chi connectivity index (χ1) is 9.16. The van der Waals surface area contributed by atoms with Crippen LogP contribution in [0.15, 0.2) is 12.2 Å². The average molecular weight is 282 g/mol. The summed E-state index contributed by atoms with van der Waals surface area (Å²) >= 11 is 0. The lowest BCUT2D eigenvalue weighted by Gasteiger charge is -2.65. The quantitative estimate of drug-likeness (QED) is 0.470. The van der Waals surface area contributed by atoms with Gasteiger partial charge in [0, 0.05) is 5.57 Å². The highest BCUT2D eigenvalue weighted by atomic mass is 17.1. The number of carbonyl (C=O) groups is 2. The molecule has 0 aromatic carbocycles. The summed E-state index contributed by atoms with van der Waals surface area (Å²) in [5, 5.41) is 18.1. The van der Waals surface area contributed by atoms with Gasteiger partial charge in [-0.2, -0.15) is 5.26 Å². The maximum absolute atomic E-state index is 11.7.